The molecule has 0 radical (unpaired) electrons. The van der Waals surface area contributed by atoms with E-state index in [1.54, 1.807) is 11.6 Å². The molecule has 1 aromatic heterocycles. The van der Waals surface area contributed by atoms with Gasteiger partial charge >= 0.3 is 0 Å². The summed E-state index contributed by atoms with van der Waals surface area (Å²) in [6.45, 7) is 3.42. The maximum Gasteiger partial charge on any atom is 0.270 e. The normalized spacial score (nSPS) is 19.5. The number of fused-ring (bicyclic) bond motifs is 3. The first kappa shape index (κ1) is 16.6. The van der Waals surface area contributed by atoms with E-state index in [1.165, 1.54) is 5.57 Å². The Hall–Kier alpha value is -2.86. The number of carbonyl (C=O) groups excluding carboxylic acids is 2. The lowest BCUT2D eigenvalue weighted by Crippen LogP contribution is -2.32. The lowest BCUT2D eigenvalue weighted by Gasteiger charge is -2.23. The number of benzene rings is 1. The van der Waals surface area contributed by atoms with Crippen LogP contribution in [-0.4, -0.2) is 28.1 Å². The molecule has 2 heterocycles. The van der Waals surface area contributed by atoms with Crippen LogP contribution in [0, 0.1) is 5.92 Å². The van der Waals surface area contributed by atoms with Gasteiger partial charge in [0.15, 0.2) is 0 Å². The molecular formula is C20H21N3O3. The molecule has 6 heteroatoms. The van der Waals surface area contributed by atoms with Crippen molar-refractivity contribution < 1.29 is 14.8 Å². The standard InChI is InChI=1S/C20H21N3O3/c1-12-10-13(19(24)22-26)6-7-14(12)11-23-16-5-3-2-4-15(16)18-17(23)8-9-21-20(18)25/h2-7,12,26H,8-11H2,1H3,(H,21,25)(H,22,24). The maximum atomic E-state index is 12.4. The van der Waals surface area contributed by atoms with E-state index >= 15 is 0 Å². The number of hydroxylamine groups is 1. The van der Waals surface area contributed by atoms with Crippen molar-refractivity contribution in [2.45, 2.75) is 26.3 Å². The van der Waals surface area contributed by atoms with Crippen molar-refractivity contribution >= 4 is 22.7 Å². The smallest absolute Gasteiger partial charge is 0.270 e. The van der Waals surface area contributed by atoms with Crippen LogP contribution >= 0.6 is 0 Å². The number of para-hydroxylation sites is 1. The second-order valence-corrected chi connectivity index (χ2v) is 6.91. The highest BCUT2D eigenvalue weighted by Gasteiger charge is 2.27. The second-order valence-electron chi connectivity index (χ2n) is 6.91. The predicted octanol–water partition coefficient (Wildman–Crippen LogP) is 2.33. The lowest BCUT2D eigenvalue weighted by molar-refractivity contribution is -0.125. The minimum absolute atomic E-state index is 0.00586. The van der Waals surface area contributed by atoms with E-state index in [0.717, 1.165) is 28.6 Å². The molecule has 2 aromatic rings. The molecule has 1 aliphatic heterocycles. The molecule has 0 spiro atoms. The Labute approximate surface area is 151 Å². The van der Waals surface area contributed by atoms with Gasteiger partial charge in [0.05, 0.1) is 5.56 Å². The molecule has 26 heavy (non-hydrogen) atoms. The van der Waals surface area contributed by atoms with E-state index in [1.807, 2.05) is 24.3 Å². The fourth-order valence-corrected chi connectivity index (χ4v) is 3.97. The van der Waals surface area contributed by atoms with Crippen LogP contribution in [0.5, 0.6) is 0 Å². The van der Waals surface area contributed by atoms with Gasteiger partial charge in [0, 0.05) is 41.7 Å². The number of allylic oxidation sites excluding steroid dienone is 3. The molecule has 3 N–H and O–H groups in total. The Morgan fingerprint density at radius 2 is 2.15 bits per heavy atom. The number of carbonyl (C=O) groups is 2. The van der Waals surface area contributed by atoms with E-state index < -0.39 is 5.91 Å². The van der Waals surface area contributed by atoms with Gasteiger partial charge in [0.1, 0.15) is 0 Å². The summed E-state index contributed by atoms with van der Waals surface area (Å²) in [5.41, 5.74) is 6.39. The van der Waals surface area contributed by atoms with Crippen molar-refractivity contribution in [1.29, 1.82) is 0 Å². The molecule has 6 nitrogen and oxygen atoms in total. The molecule has 2 amide bonds. The van der Waals surface area contributed by atoms with Crippen LogP contribution in [0.15, 0.2) is 47.6 Å². The SMILES string of the molecule is CC1CC(C(=O)NO)=CC=C1Cn1c2c(c3ccccc31)C(=O)NCC2. The monoisotopic (exact) mass is 351 g/mol. The highest BCUT2D eigenvalue weighted by Crippen LogP contribution is 2.32. The third-order valence-electron chi connectivity index (χ3n) is 5.34. The van der Waals surface area contributed by atoms with Crippen molar-refractivity contribution in [2.24, 2.45) is 5.92 Å². The van der Waals surface area contributed by atoms with Crippen LogP contribution in [-0.2, 0) is 17.8 Å². The Balaban J connectivity index is 1.77. The molecule has 0 fully saturated rings. The van der Waals surface area contributed by atoms with Gasteiger partial charge in [-0.05, 0) is 24.0 Å². The molecule has 0 saturated carbocycles. The van der Waals surface area contributed by atoms with Crippen molar-refractivity contribution in [1.82, 2.24) is 15.4 Å². The second kappa shape index (κ2) is 6.46. The van der Waals surface area contributed by atoms with Gasteiger partial charge in [-0.15, -0.1) is 0 Å². The summed E-state index contributed by atoms with van der Waals surface area (Å²) in [4.78, 5) is 24.0. The Morgan fingerprint density at radius 1 is 1.35 bits per heavy atom. The zero-order valence-electron chi connectivity index (χ0n) is 14.6. The van der Waals surface area contributed by atoms with E-state index in [4.69, 9.17) is 5.21 Å². The van der Waals surface area contributed by atoms with Crippen LogP contribution in [0.3, 0.4) is 0 Å². The van der Waals surface area contributed by atoms with Crippen LogP contribution in [0.2, 0.25) is 0 Å². The highest BCUT2D eigenvalue weighted by atomic mass is 16.5. The van der Waals surface area contributed by atoms with Crippen LogP contribution in [0.25, 0.3) is 10.9 Å². The molecule has 4 rings (SSSR count). The topological polar surface area (TPSA) is 83.4 Å². The minimum Gasteiger partial charge on any atom is -0.352 e. The number of rotatable bonds is 3. The summed E-state index contributed by atoms with van der Waals surface area (Å²) in [5.74, 6) is -0.275. The molecule has 1 atom stereocenters. The molecule has 134 valence electrons. The fourth-order valence-electron chi connectivity index (χ4n) is 3.97. The maximum absolute atomic E-state index is 12.4. The summed E-state index contributed by atoms with van der Waals surface area (Å²) in [5, 5.41) is 12.7. The molecular weight excluding hydrogens is 330 g/mol. The highest BCUT2D eigenvalue weighted by molar-refractivity contribution is 6.09. The molecule has 0 bridgehead atoms. The van der Waals surface area contributed by atoms with Crippen molar-refractivity contribution in [3.63, 3.8) is 0 Å². The van der Waals surface area contributed by atoms with E-state index in [9.17, 15) is 9.59 Å². The van der Waals surface area contributed by atoms with Gasteiger partial charge < -0.3 is 9.88 Å². The molecule has 2 aliphatic rings. The Kier molecular flexibility index (Phi) is 4.12. The van der Waals surface area contributed by atoms with E-state index in [2.05, 4.69) is 22.9 Å². The number of aromatic nitrogens is 1. The largest absolute Gasteiger partial charge is 0.352 e. The quantitative estimate of drug-likeness (QED) is 0.586. The summed E-state index contributed by atoms with van der Waals surface area (Å²) in [6, 6.07) is 8.00. The number of nitrogens with zero attached hydrogens (tertiary/aromatic N) is 1. The van der Waals surface area contributed by atoms with Gasteiger partial charge in [-0.1, -0.05) is 37.3 Å². The van der Waals surface area contributed by atoms with Crippen molar-refractivity contribution in [2.75, 3.05) is 6.54 Å². The third-order valence-corrected chi connectivity index (χ3v) is 5.34. The first-order valence-electron chi connectivity index (χ1n) is 8.82. The Morgan fingerprint density at radius 3 is 2.92 bits per heavy atom. The van der Waals surface area contributed by atoms with E-state index in [0.29, 0.717) is 25.1 Å². The number of amides is 2. The molecule has 1 aromatic carbocycles. The lowest BCUT2D eigenvalue weighted by atomic mass is 9.88. The van der Waals surface area contributed by atoms with Crippen molar-refractivity contribution in [3.8, 4) is 0 Å². The van der Waals surface area contributed by atoms with Crippen LogP contribution in [0.1, 0.15) is 29.4 Å². The van der Waals surface area contributed by atoms with Gasteiger partial charge in [-0.3, -0.25) is 14.8 Å². The van der Waals surface area contributed by atoms with Gasteiger partial charge in [-0.2, -0.15) is 0 Å². The average molecular weight is 351 g/mol. The molecule has 1 aliphatic carbocycles. The third kappa shape index (κ3) is 2.63. The zero-order chi connectivity index (χ0) is 18.3. The number of nitrogens with one attached hydrogen (secondary N) is 2. The summed E-state index contributed by atoms with van der Waals surface area (Å²) in [6.07, 6.45) is 5.13. The minimum atomic E-state index is -0.451. The van der Waals surface area contributed by atoms with Gasteiger partial charge in [-0.25, -0.2) is 5.48 Å². The summed E-state index contributed by atoms with van der Waals surface area (Å²) < 4.78 is 2.23. The van der Waals surface area contributed by atoms with E-state index in [-0.39, 0.29) is 11.8 Å². The summed E-state index contributed by atoms with van der Waals surface area (Å²) >= 11 is 0. The number of hydrogen-bond acceptors (Lipinski definition) is 3. The Bertz CT molecular complexity index is 968. The number of hydrogen-bond donors (Lipinski definition) is 3. The zero-order valence-corrected chi connectivity index (χ0v) is 14.6. The predicted molar refractivity (Wildman–Crippen MR) is 97.9 cm³/mol. The first-order chi connectivity index (χ1) is 12.6. The summed E-state index contributed by atoms with van der Waals surface area (Å²) in [7, 11) is 0. The molecule has 1 unspecified atom stereocenters. The first-order valence-corrected chi connectivity index (χ1v) is 8.82. The molecule has 0 saturated heterocycles. The van der Waals surface area contributed by atoms with Crippen molar-refractivity contribution in [3.05, 3.63) is 58.8 Å². The van der Waals surface area contributed by atoms with Gasteiger partial charge in [0.2, 0.25) is 0 Å². The van der Waals surface area contributed by atoms with Gasteiger partial charge in [0.25, 0.3) is 11.8 Å². The average Bonchev–Trinajstić information content (AvgIpc) is 2.98. The van der Waals surface area contributed by atoms with Crippen LogP contribution in [0.4, 0.5) is 0 Å². The van der Waals surface area contributed by atoms with Crippen LogP contribution < -0.4 is 10.8 Å². The fraction of sp³-hybridized carbons (Fsp3) is 0.300.